The lowest BCUT2D eigenvalue weighted by atomic mass is 9.97. The molecule has 3 aromatic carbocycles. The van der Waals surface area contributed by atoms with Crippen LogP contribution in [-0.2, 0) is 42.6 Å². The maximum atomic E-state index is 14.5. The van der Waals surface area contributed by atoms with Crippen molar-refractivity contribution in [3.05, 3.63) is 143 Å². The number of hydrogen-bond acceptors (Lipinski definition) is 5. The number of aromatic nitrogens is 4. The van der Waals surface area contributed by atoms with E-state index in [0.29, 0.717) is 19.5 Å². The van der Waals surface area contributed by atoms with Crippen LogP contribution in [0.2, 0.25) is 0 Å². The first-order valence-electron chi connectivity index (χ1n) is 15.2. The molecule has 6 rings (SSSR count). The average molecular weight is 597 g/mol. The van der Waals surface area contributed by atoms with Crippen molar-refractivity contribution < 1.29 is 9.59 Å². The van der Waals surface area contributed by atoms with Gasteiger partial charge in [0.2, 0.25) is 11.8 Å². The maximum absolute atomic E-state index is 14.5. The van der Waals surface area contributed by atoms with E-state index in [1.165, 1.54) is 5.56 Å². The molecule has 0 aliphatic carbocycles. The molecule has 0 saturated heterocycles. The molecule has 0 spiro atoms. The molecule has 1 atom stereocenters. The normalized spacial score (nSPS) is 13.4. The second-order valence-electron chi connectivity index (χ2n) is 11.4. The molecule has 0 N–H and O–H groups in total. The molecule has 0 radical (unpaired) electrons. The summed E-state index contributed by atoms with van der Waals surface area (Å²) in [4.78, 5) is 45.2. The van der Waals surface area contributed by atoms with Gasteiger partial charge in [-0.1, -0.05) is 78.9 Å². The summed E-state index contributed by atoms with van der Waals surface area (Å²) in [5.74, 6) is 0.561. The first kappa shape index (κ1) is 29.7. The molecule has 3 heterocycles. The summed E-state index contributed by atoms with van der Waals surface area (Å²) in [6.07, 6.45) is 11.3. The van der Waals surface area contributed by atoms with Gasteiger partial charge in [-0.25, -0.2) is 4.98 Å². The molecule has 8 nitrogen and oxygen atoms in total. The van der Waals surface area contributed by atoms with Crippen LogP contribution in [0.4, 0.5) is 0 Å². The smallest absolute Gasteiger partial charge is 0.247 e. The minimum Gasteiger partial charge on any atom is -0.336 e. The molecule has 1 aliphatic heterocycles. The molecule has 0 saturated carbocycles. The van der Waals surface area contributed by atoms with Crippen LogP contribution in [0.25, 0.3) is 17.3 Å². The zero-order valence-electron chi connectivity index (χ0n) is 25.6. The Morgan fingerprint density at radius 1 is 0.889 bits per heavy atom. The van der Waals surface area contributed by atoms with Gasteiger partial charge in [0.15, 0.2) is 0 Å². The fourth-order valence-corrected chi connectivity index (χ4v) is 5.76. The predicted octanol–water partition coefficient (Wildman–Crippen LogP) is 5.42. The second kappa shape index (κ2) is 13.5. The maximum Gasteiger partial charge on any atom is 0.247 e. The van der Waals surface area contributed by atoms with Crippen molar-refractivity contribution in [3.8, 4) is 11.3 Å². The molecule has 8 heteroatoms. The van der Waals surface area contributed by atoms with E-state index in [1.807, 2.05) is 90.2 Å². The van der Waals surface area contributed by atoms with Crippen molar-refractivity contribution in [2.75, 3.05) is 6.54 Å². The number of nitrogens with zero attached hydrogens (tertiary/aromatic N) is 6. The molecule has 0 bridgehead atoms. The minimum absolute atomic E-state index is 0.0531. The number of amides is 2. The van der Waals surface area contributed by atoms with Crippen molar-refractivity contribution in [3.63, 3.8) is 0 Å². The third-order valence-electron chi connectivity index (χ3n) is 8.48. The first-order valence-corrected chi connectivity index (χ1v) is 15.2. The van der Waals surface area contributed by atoms with E-state index in [1.54, 1.807) is 41.8 Å². The molecule has 0 fully saturated rings. The van der Waals surface area contributed by atoms with Gasteiger partial charge in [0, 0.05) is 57.1 Å². The topological polar surface area (TPSA) is 84.2 Å². The molecular formula is C37H36N6O2. The Balaban J connectivity index is 1.35. The van der Waals surface area contributed by atoms with Crippen molar-refractivity contribution in [2.24, 2.45) is 7.05 Å². The molecule has 5 aromatic rings. The summed E-state index contributed by atoms with van der Waals surface area (Å²) in [7, 11) is 1.92. The summed E-state index contributed by atoms with van der Waals surface area (Å²) in [5, 5.41) is 0. The highest BCUT2D eigenvalue weighted by atomic mass is 16.2. The van der Waals surface area contributed by atoms with Gasteiger partial charge in [0.1, 0.15) is 11.9 Å². The number of benzene rings is 3. The van der Waals surface area contributed by atoms with Gasteiger partial charge in [-0.15, -0.1) is 0 Å². The Labute approximate surface area is 263 Å². The third kappa shape index (κ3) is 6.91. The molecular weight excluding hydrogens is 560 g/mol. The van der Waals surface area contributed by atoms with E-state index in [4.69, 9.17) is 0 Å². The van der Waals surface area contributed by atoms with E-state index < -0.39 is 6.04 Å². The van der Waals surface area contributed by atoms with Crippen LogP contribution in [0.3, 0.4) is 0 Å². The number of aryl methyl sites for hydroxylation is 1. The minimum atomic E-state index is -0.706. The Hall–Kier alpha value is -5.37. The number of carbonyl (C=O) groups is 2. The number of hydrogen-bond donors (Lipinski definition) is 0. The number of fused-ring (bicyclic) bond motifs is 1. The van der Waals surface area contributed by atoms with Crippen LogP contribution in [0.15, 0.2) is 110 Å². The van der Waals surface area contributed by atoms with E-state index in [9.17, 15) is 9.59 Å². The van der Waals surface area contributed by atoms with Crippen LogP contribution >= 0.6 is 0 Å². The Kier molecular flexibility index (Phi) is 8.91. The summed E-state index contributed by atoms with van der Waals surface area (Å²) in [6.45, 7) is 3.32. The van der Waals surface area contributed by atoms with E-state index in [-0.39, 0.29) is 18.4 Å². The van der Waals surface area contributed by atoms with Gasteiger partial charge >= 0.3 is 0 Å². The van der Waals surface area contributed by atoms with Crippen LogP contribution in [0.5, 0.6) is 0 Å². The molecule has 1 aliphatic rings. The zero-order valence-corrected chi connectivity index (χ0v) is 25.6. The highest BCUT2D eigenvalue weighted by Gasteiger charge is 2.34. The fraction of sp³-hybridized carbons (Fsp3) is 0.216. The third-order valence-corrected chi connectivity index (χ3v) is 8.48. The van der Waals surface area contributed by atoms with Gasteiger partial charge in [-0.3, -0.25) is 19.6 Å². The van der Waals surface area contributed by atoms with Crippen LogP contribution in [0, 0.1) is 6.92 Å². The molecule has 1 unspecified atom stereocenters. The van der Waals surface area contributed by atoms with Gasteiger partial charge in [-0.05, 0) is 41.7 Å². The summed E-state index contributed by atoms with van der Waals surface area (Å²) < 4.78 is 1.93. The Bertz CT molecular complexity index is 1800. The lowest BCUT2D eigenvalue weighted by Crippen LogP contribution is -2.52. The monoisotopic (exact) mass is 596 g/mol. The zero-order chi connectivity index (χ0) is 31.2. The van der Waals surface area contributed by atoms with Crippen molar-refractivity contribution in [1.82, 2.24) is 29.3 Å². The van der Waals surface area contributed by atoms with Gasteiger partial charge in [0.25, 0.3) is 0 Å². The number of carbonyl (C=O) groups excluding carboxylic acids is 2. The standard InChI is InChI=1S/C37H36N6O2/c1-27-40-23-33(41(27)2)16-17-36(44)43(25-29-12-14-31(15-13-29)34-24-38-19-20-39-34)35(22-28-8-4-3-5-9-28)37(45)42-21-18-30-10-6-7-11-32(30)26-42/h3-17,19-20,23-24,35H,18,21-22,25-26H2,1-2H3. The van der Waals surface area contributed by atoms with Crippen molar-refractivity contribution in [1.29, 1.82) is 0 Å². The van der Waals surface area contributed by atoms with Crippen LogP contribution < -0.4 is 0 Å². The highest BCUT2D eigenvalue weighted by molar-refractivity contribution is 5.95. The SMILES string of the molecule is Cc1ncc(C=CC(=O)N(Cc2ccc(-c3cnccn3)cc2)C(Cc2ccccc2)C(=O)N2CCc3ccccc3C2)n1C. The Morgan fingerprint density at radius 3 is 2.36 bits per heavy atom. The second-order valence-corrected chi connectivity index (χ2v) is 11.4. The number of rotatable bonds is 9. The summed E-state index contributed by atoms with van der Waals surface area (Å²) >= 11 is 0. The highest BCUT2D eigenvalue weighted by Crippen LogP contribution is 2.24. The van der Waals surface area contributed by atoms with Crippen molar-refractivity contribution >= 4 is 17.9 Å². The fourth-order valence-electron chi connectivity index (χ4n) is 5.76. The van der Waals surface area contributed by atoms with Crippen molar-refractivity contribution in [2.45, 2.75) is 38.9 Å². The van der Waals surface area contributed by atoms with E-state index in [2.05, 4.69) is 27.1 Å². The van der Waals surface area contributed by atoms with Gasteiger partial charge < -0.3 is 14.4 Å². The molecule has 226 valence electrons. The van der Waals surface area contributed by atoms with E-state index >= 15 is 0 Å². The quantitative estimate of drug-likeness (QED) is 0.212. The molecule has 2 aromatic heterocycles. The van der Waals surface area contributed by atoms with Gasteiger partial charge in [-0.2, -0.15) is 0 Å². The summed E-state index contributed by atoms with van der Waals surface area (Å²) in [5.41, 5.74) is 6.85. The molecule has 2 amide bonds. The van der Waals surface area contributed by atoms with E-state index in [0.717, 1.165) is 45.9 Å². The average Bonchev–Trinajstić information content (AvgIpc) is 3.41. The van der Waals surface area contributed by atoms with Crippen LogP contribution in [-0.4, -0.2) is 53.7 Å². The molecule has 45 heavy (non-hydrogen) atoms. The lowest BCUT2D eigenvalue weighted by molar-refractivity contribution is -0.144. The number of imidazole rings is 1. The predicted molar refractivity (Wildman–Crippen MR) is 174 cm³/mol. The largest absolute Gasteiger partial charge is 0.336 e. The first-order chi connectivity index (χ1) is 22.0. The lowest BCUT2D eigenvalue weighted by Gasteiger charge is -2.37. The Morgan fingerprint density at radius 2 is 1.64 bits per heavy atom. The van der Waals surface area contributed by atoms with Crippen LogP contribution in [0.1, 0.15) is 33.8 Å². The summed E-state index contributed by atoms with van der Waals surface area (Å²) in [6, 6.07) is 25.4. The van der Waals surface area contributed by atoms with Gasteiger partial charge in [0.05, 0.1) is 23.8 Å².